The van der Waals surface area contributed by atoms with E-state index in [0.717, 1.165) is 10.6 Å². The highest BCUT2D eigenvalue weighted by molar-refractivity contribution is 7.98. The molecule has 0 fully saturated rings. The molecule has 0 aliphatic carbocycles. The molecule has 6 nitrogen and oxygen atoms in total. The zero-order chi connectivity index (χ0) is 13.9. The van der Waals surface area contributed by atoms with E-state index in [4.69, 9.17) is 4.94 Å². The van der Waals surface area contributed by atoms with Crippen molar-refractivity contribution in [2.24, 2.45) is 0 Å². The first-order chi connectivity index (χ1) is 9.75. The van der Waals surface area contributed by atoms with Crippen LogP contribution in [0.25, 0.3) is 0 Å². The summed E-state index contributed by atoms with van der Waals surface area (Å²) in [7, 11) is 0. The largest absolute Gasteiger partial charge is 0.296 e. The quantitative estimate of drug-likeness (QED) is 0.509. The predicted molar refractivity (Wildman–Crippen MR) is 77.4 cm³/mol. The number of nitrogens with one attached hydrogen (secondary N) is 2. The zero-order valence-electron chi connectivity index (χ0n) is 10.3. The monoisotopic (exact) mass is 289 g/mol. The molecule has 1 aliphatic rings. The molecule has 2 N–H and O–H groups in total. The Morgan fingerprint density at radius 1 is 1.10 bits per heavy atom. The molecule has 1 heterocycles. The summed E-state index contributed by atoms with van der Waals surface area (Å²) in [6, 6.07) is 13.2. The Hall–Kier alpha value is -2.25. The molecule has 0 aromatic heterocycles. The van der Waals surface area contributed by atoms with Gasteiger partial charge in [0.15, 0.2) is 5.69 Å². The number of nitro groups is 1. The van der Waals surface area contributed by atoms with Crippen LogP contribution in [0.1, 0.15) is 5.56 Å². The maximum Gasteiger partial charge on any atom is 0.296 e. The molecule has 2 aromatic rings. The lowest BCUT2D eigenvalue weighted by Crippen LogP contribution is -1.96. The molecule has 102 valence electrons. The van der Waals surface area contributed by atoms with Crippen molar-refractivity contribution in [1.82, 2.24) is 0 Å². The van der Waals surface area contributed by atoms with Gasteiger partial charge >= 0.3 is 0 Å². The summed E-state index contributed by atoms with van der Waals surface area (Å²) in [5, 5.41) is 10.9. The third-order valence-corrected chi connectivity index (χ3v) is 4.01. The lowest BCUT2D eigenvalue weighted by Gasteiger charge is -2.06. The van der Waals surface area contributed by atoms with Crippen molar-refractivity contribution in [2.45, 2.75) is 10.6 Å². The van der Waals surface area contributed by atoms with Crippen LogP contribution in [0, 0.1) is 10.1 Å². The Balaban J connectivity index is 1.84. The number of nitrogens with zero attached hydrogens (tertiary/aromatic N) is 1. The molecule has 7 heteroatoms. The van der Waals surface area contributed by atoms with E-state index in [0.29, 0.717) is 11.4 Å². The Kier molecular flexibility index (Phi) is 3.44. The normalized spacial score (nSPS) is 12.4. The minimum Gasteiger partial charge on any atom is -0.258 e. The third kappa shape index (κ3) is 2.40. The Morgan fingerprint density at radius 2 is 1.85 bits per heavy atom. The van der Waals surface area contributed by atoms with Crippen LogP contribution in [-0.2, 0) is 10.7 Å². The van der Waals surface area contributed by atoms with E-state index in [-0.39, 0.29) is 5.69 Å². The molecular formula is C13H11N3O3S. The van der Waals surface area contributed by atoms with Crippen LogP contribution in [0.5, 0.6) is 0 Å². The molecule has 1 aliphatic heterocycles. The molecule has 2 aromatic carbocycles. The zero-order valence-corrected chi connectivity index (χ0v) is 11.1. The van der Waals surface area contributed by atoms with Crippen LogP contribution in [0.15, 0.2) is 47.4 Å². The van der Waals surface area contributed by atoms with Crippen molar-refractivity contribution in [1.29, 1.82) is 0 Å². The second-order valence-electron chi connectivity index (χ2n) is 4.17. The van der Waals surface area contributed by atoms with Crippen LogP contribution < -0.4 is 11.0 Å². The third-order valence-electron chi connectivity index (χ3n) is 2.89. The standard InChI is InChI=1S/C13H11N3O3S/c17-16(18)10-6-7-11(13-12(10)14-19-15-13)20-8-9-4-2-1-3-5-9/h1-7,14-15H,8H2. The summed E-state index contributed by atoms with van der Waals surface area (Å²) in [5.74, 6) is 0.784. The van der Waals surface area contributed by atoms with Gasteiger partial charge < -0.3 is 0 Å². The molecular weight excluding hydrogens is 278 g/mol. The summed E-state index contributed by atoms with van der Waals surface area (Å²) in [4.78, 5) is 16.3. The highest BCUT2D eigenvalue weighted by atomic mass is 32.2. The minimum absolute atomic E-state index is 0.00550. The molecule has 0 unspecified atom stereocenters. The van der Waals surface area contributed by atoms with E-state index in [1.165, 1.54) is 11.6 Å². The number of thioether (sulfide) groups is 1. The van der Waals surface area contributed by atoms with Crippen molar-refractivity contribution in [2.75, 3.05) is 11.0 Å². The van der Waals surface area contributed by atoms with E-state index in [1.807, 2.05) is 30.3 Å². The Morgan fingerprint density at radius 3 is 2.60 bits per heavy atom. The van der Waals surface area contributed by atoms with Gasteiger partial charge in [0.2, 0.25) is 0 Å². The lowest BCUT2D eigenvalue weighted by atomic mass is 10.2. The lowest BCUT2D eigenvalue weighted by molar-refractivity contribution is -0.384. The van der Waals surface area contributed by atoms with Crippen LogP contribution in [0.3, 0.4) is 0 Å². The van der Waals surface area contributed by atoms with Gasteiger partial charge in [-0.15, -0.1) is 11.8 Å². The van der Waals surface area contributed by atoms with Gasteiger partial charge in [0.05, 0.1) is 4.92 Å². The van der Waals surface area contributed by atoms with Crippen LogP contribution in [0.4, 0.5) is 17.1 Å². The van der Waals surface area contributed by atoms with Crippen molar-refractivity contribution in [3.05, 3.63) is 58.1 Å². The second kappa shape index (κ2) is 5.40. The number of fused-ring (bicyclic) bond motifs is 1. The van der Waals surface area contributed by atoms with Crippen molar-refractivity contribution < 1.29 is 9.86 Å². The summed E-state index contributed by atoms with van der Waals surface area (Å²) in [5.41, 5.74) is 7.35. The summed E-state index contributed by atoms with van der Waals surface area (Å²) >= 11 is 1.59. The number of hydrogen-bond acceptors (Lipinski definition) is 6. The number of benzene rings is 2. The average molecular weight is 289 g/mol. The van der Waals surface area contributed by atoms with E-state index < -0.39 is 4.92 Å². The van der Waals surface area contributed by atoms with Gasteiger partial charge in [-0.1, -0.05) is 30.3 Å². The second-order valence-corrected chi connectivity index (χ2v) is 5.19. The highest BCUT2D eigenvalue weighted by Gasteiger charge is 2.25. The molecule has 0 atom stereocenters. The van der Waals surface area contributed by atoms with E-state index in [1.54, 1.807) is 17.8 Å². The van der Waals surface area contributed by atoms with Gasteiger partial charge in [-0.3, -0.25) is 10.1 Å². The van der Waals surface area contributed by atoms with Gasteiger partial charge in [0.25, 0.3) is 5.69 Å². The fourth-order valence-corrected chi connectivity index (χ4v) is 2.88. The highest BCUT2D eigenvalue weighted by Crippen LogP contribution is 2.43. The van der Waals surface area contributed by atoms with Crippen LogP contribution in [-0.4, -0.2) is 4.92 Å². The predicted octanol–water partition coefficient (Wildman–Crippen LogP) is 3.57. The fourth-order valence-electron chi connectivity index (χ4n) is 1.91. The first-order valence-electron chi connectivity index (χ1n) is 5.91. The summed E-state index contributed by atoms with van der Waals surface area (Å²) in [6.45, 7) is 0. The van der Waals surface area contributed by atoms with Crippen LogP contribution >= 0.6 is 11.8 Å². The first-order valence-corrected chi connectivity index (χ1v) is 6.90. The van der Waals surface area contributed by atoms with Crippen molar-refractivity contribution >= 4 is 28.8 Å². The molecule has 0 saturated carbocycles. The number of rotatable bonds is 4. The van der Waals surface area contributed by atoms with E-state index >= 15 is 0 Å². The van der Waals surface area contributed by atoms with Gasteiger partial charge in [0, 0.05) is 16.7 Å². The average Bonchev–Trinajstić information content (AvgIpc) is 2.95. The smallest absolute Gasteiger partial charge is 0.258 e. The van der Waals surface area contributed by atoms with E-state index in [2.05, 4.69) is 11.0 Å². The molecule has 0 amide bonds. The van der Waals surface area contributed by atoms with Crippen molar-refractivity contribution in [3.8, 4) is 0 Å². The molecule has 0 radical (unpaired) electrons. The Bertz CT molecular complexity index is 649. The van der Waals surface area contributed by atoms with E-state index in [9.17, 15) is 10.1 Å². The number of anilines is 2. The van der Waals surface area contributed by atoms with Crippen molar-refractivity contribution in [3.63, 3.8) is 0 Å². The maximum atomic E-state index is 10.9. The number of nitro benzene ring substituents is 1. The van der Waals surface area contributed by atoms with Gasteiger partial charge in [-0.2, -0.15) is 4.94 Å². The van der Waals surface area contributed by atoms with Crippen LogP contribution in [0.2, 0.25) is 0 Å². The molecule has 0 bridgehead atoms. The summed E-state index contributed by atoms with van der Waals surface area (Å²) in [6.07, 6.45) is 0. The fraction of sp³-hybridized carbons (Fsp3) is 0.0769. The maximum absolute atomic E-state index is 10.9. The molecule has 0 saturated heterocycles. The van der Waals surface area contributed by atoms with Gasteiger partial charge in [-0.25, -0.2) is 11.0 Å². The SMILES string of the molecule is O=[N+]([O-])c1ccc(SCc2ccccc2)c2c1NON2. The molecule has 0 spiro atoms. The topological polar surface area (TPSA) is 76.4 Å². The number of hydrogen-bond donors (Lipinski definition) is 2. The van der Waals surface area contributed by atoms with Gasteiger partial charge in [0.1, 0.15) is 5.69 Å². The molecule has 3 rings (SSSR count). The minimum atomic E-state index is -0.437. The summed E-state index contributed by atoms with van der Waals surface area (Å²) < 4.78 is 0. The van der Waals surface area contributed by atoms with Gasteiger partial charge in [-0.05, 0) is 11.6 Å². The Labute approximate surface area is 119 Å². The molecule has 20 heavy (non-hydrogen) atoms. The first kappa shape index (κ1) is 12.8.